The highest BCUT2D eigenvalue weighted by molar-refractivity contribution is 5.29. The van der Waals surface area contributed by atoms with Gasteiger partial charge in [-0.3, -0.25) is 5.32 Å². The normalized spacial score (nSPS) is 10.5. The van der Waals surface area contributed by atoms with Crippen molar-refractivity contribution in [2.45, 2.75) is 0 Å². The highest BCUT2D eigenvalue weighted by atomic mass is 19.2. The molecule has 1 N–H and O–H groups in total. The summed E-state index contributed by atoms with van der Waals surface area (Å²) in [5.74, 6) is -11.5. The van der Waals surface area contributed by atoms with E-state index >= 15 is 0 Å². The van der Waals surface area contributed by atoms with Gasteiger partial charge in [-0.1, -0.05) is 0 Å². The van der Waals surface area contributed by atoms with Gasteiger partial charge in [0.15, 0.2) is 5.75 Å². The number of nitrogens with one attached hydrogen (secondary N) is 1. The Hall–Kier alpha value is -1.37. The maximum absolute atomic E-state index is 12.9. The Bertz CT molecular complexity index is 353. The van der Waals surface area contributed by atoms with E-state index in [1.54, 1.807) is 0 Å². The SMILES string of the molecule is CNCOc1c(F)c(F)c(F)c(F)c1F. The summed E-state index contributed by atoms with van der Waals surface area (Å²) in [5, 5.41) is 2.33. The van der Waals surface area contributed by atoms with Gasteiger partial charge >= 0.3 is 0 Å². The van der Waals surface area contributed by atoms with Crippen molar-refractivity contribution in [2.75, 3.05) is 13.8 Å². The van der Waals surface area contributed by atoms with Crippen molar-refractivity contribution in [3.8, 4) is 5.75 Å². The van der Waals surface area contributed by atoms with Gasteiger partial charge in [0, 0.05) is 0 Å². The molecule has 0 aromatic heterocycles. The average Bonchev–Trinajstić information content (AvgIpc) is 2.24. The summed E-state index contributed by atoms with van der Waals surface area (Å²) in [6.45, 7) is -0.377. The maximum Gasteiger partial charge on any atom is 0.207 e. The van der Waals surface area contributed by atoms with E-state index in [1.807, 2.05) is 0 Å². The molecule has 0 amide bonds. The Morgan fingerprint density at radius 1 is 0.867 bits per heavy atom. The lowest BCUT2D eigenvalue weighted by atomic mass is 10.3. The molecule has 0 spiro atoms. The largest absolute Gasteiger partial charge is 0.472 e. The lowest BCUT2D eigenvalue weighted by Crippen LogP contribution is -2.17. The average molecular weight is 227 g/mol. The molecule has 1 aromatic rings. The zero-order valence-corrected chi connectivity index (χ0v) is 7.51. The summed E-state index contributed by atoms with van der Waals surface area (Å²) in [7, 11) is 1.38. The van der Waals surface area contributed by atoms with Gasteiger partial charge in [-0.15, -0.1) is 0 Å². The lowest BCUT2D eigenvalue weighted by Gasteiger charge is -2.09. The molecule has 0 aliphatic carbocycles. The second-order valence-corrected chi connectivity index (χ2v) is 2.54. The van der Waals surface area contributed by atoms with E-state index in [0.717, 1.165) is 0 Å². The molecule has 0 radical (unpaired) electrons. The highest BCUT2D eigenvalue weighted by Gasteiger charge is 2.26. The molecule has 84 valence electrons. The molecule has 15 heavy (non-hydrogen) atoms. The van der Waals surface area contributed by atoms with Crippen molar-refractivity contribution >= 4 is 0 Å². The highest BCUT2D eigenvalue weighted by Crippen LogP contribution is 2.28. The van der Waals surface area contributed by atoms with Gasteiger partial charge in [-0.25, -0.2) is 13.2 Å². The van der Waals surface area contributed by atoms with Crippen LogP contribution in [0.3, 0.4) is 0 Å². The second kappa shape index (κ2) is 4.43. The smallest absolute Gasteiger partial charge is 0.207 e. The fourth-order valence-corrected chi connectivity index (χ4v) is 0.856. The monoisotopic (exact) mass is 227 g/mol. The van der Waals surface area contributed by atoms with E-state index in [1.165, 1.54) is 7.05 Å². The number of hydrogen-bond donors (Lipinski definition) is 1. The van der Waals surface area contributed by atoms with Crippen molar-refractivity contribution in [3.05, 3.63) is 29.1 Å². The zero-order chi connectivity index (χ0) is 11.6. The minimum atomic E-state index is -2.21. The van der Waals surface area contributed by atoms with Crippen molar-refractivity contribution < 1.29 is 26.7 Å². The zero-order valence-electron chi connectivity index (χ0n) is 7.51. The Morgan fingerprint density at radius 3 is 1.67 bits per heavy atom. The van der Waals surface area contributed by atoms with E-state index in [4.69, 9.17) is 0 Å². The molecule has 0 atom stereocenters. The first-order valence-corrected chi connectivity index (χ1v) is 3.79. The van der Waals surface area contributed by atoms with E-state index < -0.39 is 34.8 Å². The van der Waals surface area contributed by atoms with Crippen LogP contribution < -0.4 is 10.1 Å². The lowest BCUT2D eigenvalue weighted by molar-refractivity contribution is 0.249. The van der Waals surface area contributed by atoms with Crippen molar-refractivity contribution in [1.29, 1.82) is 0 Å². The molecular weight excluding hydrogens is 221 g/mol. The first-order chi connectivity index (χ1) is 7.00. The first kappa shape index (κ1) is 11.7. The second-order valence-electron chi connectivity index (χ2n) is 2.54. The predicted molar refractivity (Wildman–Crippen MR) is 40.8 cm³/mol. The molecule has 0 bridgehead atoms. The molecule has 0 heterocycles. The van der Waals surface area contributed by atoms with E-state index in [2.05, 4.69) is 10.1 Å². The summed E-state index contributed by atoms with van der Waals surface area (Å²) < 4.78 is 67.7. The number of ether oxygens (including phenoxy) is 1. The standard InChI is InChI=1S/C8H6F5NO/c1-14-2-15-8-6(12)4(10)3(9)5(11)7(8)13/h14H,2H2,1H3. The summed E-state index contributed by atoms with van der Waals surface area (Å²) in [5.41, 5.74) is 0. The molecule has 0 saturated carbocycles. The van der Waals surface area contributed by atoms with E-state index in [0.29, 0.717) is 0 Å². The van der Waals surface area contributed by atoms with Crippen LogP contribution in [-0.2, 0) is 0 Å². The van der Waals surface area contributed by atoms with Gasteiger partial charge in [0.05, 0.1) is 0 Å². The van der Waals surface area contributed by atoms with Crippen LogP contribution in [0.15, 0.2) is 0 Å². The van der Waals surface area contributed by atoms with Gasteiger partial charge in [-0.2, -0.15) is 8.78 Å². The Labute approximate surface area is 81.7 Å². The minimum Gasteiger partial charge on any atom is -0.472 e. The van der Waals surface area contributed by atoms with Gasteiger partial charge in [0.1, 0.15) is 6.73 Å². The Morgan fingerprint density at radius 2 is 1.27 bits per heavy atom. The van der Waals surface area contributed by atoms with Gasteiger partial charge < -0.3 is 4.74 Å². The summed E-state index contributed by atoms with van der Waals surface area (Å²) in [4.78, 5) is 0. The molecular formula is C8H6F5NO. The molecule has 0 saturated heterocycles. The van der Waals surface area contributed by atoms with Crippen LogP contribution in [-0.4, -0.2) is 13.8 Å². The van der Waals surface area contributed by atoms with E-state index in [-0.39, 0.29) is 6.73 Å². The van der Waals surface area contributed by atoms with E-state index in [9.17, 15) is 22.0 Å². The topological polar surface area (TPSA) is 21.3 Å². The van der Waals surface area contributed by atoms with Crippen molar-refractivity contribution in [3.63, 3.8) is 0 Å². The number of rotatable bonds is 3. The molecule has 1 aromatic carbocycles. The Kier molecular flexibility index (Phi) is 3.46. The molecule has 7 heteroatoms. The van der Waals surface area contributed by atoms with Crippen LogP contribution in [0.25, 0.3) is 0 Å². The fourth-order valence-electron chi connectivity index (χ4n) is 0.856. The summed E-state index contributed by atoms with van der Waals surface area (Å²) in [6.07, 6.45) is 0. The third-order valence-electron chi connectivity index (χ3n) is 1.53. The quantitative estimate of drug-likeness (QED) is 0.369. The molecule has 0 unspecified atom stereocenters. The molecule has 0 fully saturated rings. The third kappa shape index (κ3) is 2.01. The van der Waals surface area contributed by atoms with Crippen LogP contribution in [0.2, 0.25) is 0 Å². The van der Waals surface area contributed by atoms with Gasteiger partial charge in [-0.05, 0) is 7.05 Å². The van der Waals surface area contributed by atoms with Crippen LogP contribution in [0.5, 0.6) is 5.75 Å². The molecule has 0 aliphatic rings. The number of halogens is 5. The minimum absolute atomic E-state index is 0.377. The fraction of sp³-hybridized carbons (Fsp3) is 0.250. The van der Waals surface area contributed by atoms with Crippen molar-refractivity contribution in [1.82, 2.24) is 5.32 Å². The molecule has 1 rings (SSSR count). The van der Waals surface area contributed by atoms with Crippen molar-refractivity contribution in [2.24, 2.45) is 0 Å². The third-order valence-corrected chi connectivity index (χ3v) is 1.53. The summed E-state index contributed by atoms with van der Waals surface area (Å²) >= 11 is 0. The van der Waals surface area contributed by atoms with Gasteiger partial charge in [0.2, 0.25) is 29.1 Å². The first-order valence-electron chi connectivity index (χ1n) is 3.79. The van der Waals surface area contributed by atoms with Crippen LogP contribution >= 0.6 is 0 Å². The van der Waals surface area contributed by atoms with Crippen LogP contribution in [0, 0.1) is 29.1 Å². The molecule has 0 aliphatic heterocycles. The maximum atomic E-state index is 12.9. The number of hydrogen-bond acceptors (Lipinski definition) is 2. The number of benzene rings is 1. The Balaban J connectivity index is 3.26. The van der Waals surface area contributed by atoms with Gasteiger partial charge in [0.25, 0.3) is 0 Å². The summed E-state index contributed by atoms with van der Waals surface area (Å²) in [6, 6.07) is 0. The predicted octanol–water partition coefficient (Wildman–Crippen LogP) is 1.94. The van der Waals surface area contributed by atoms with Crippen LogP contribution in [0.4, 0.5) is 22.0 Å². The van der Waals surface area contributed by atoms with Crippen LogP contribution in [0.1, 0.15) is 0 Å². The molecule has 2 nitrogen and oxygen atoms in total.